The van der Waals surface area contributed by atoms with Gasteiger partial charge < -0.3 is 14.3 Å². The lowest BCUT2D eigenvalue weighted by Gasteiger charge is -2.35. The molecule has 0 spiro atoms. The van der Waals surface area contributed by atoms with E-state index in [-0.39, 0.29) is 5.91 Å². The lowest BCUT2D eigenvalue weighted by Crippen LogP contribution is -2.49. The quantitative estimate of drug-likeness (QED) is 0.693. The molecular weight excluding hydrogens is 342 g/mol. The Balaban J connectivity index is 1.27. The third-order valence-electron chi connectivity index (χ3n) is 4.66. The van der Waals surface area contributed by atoms with E-state index in [1.807, 2.05) is 53.4 Å². The van der Waals surface area contributed by atoms with Crippen LogP contribution in [0.2, 0.25) is 0 Å². The maximum absolute atomic E-state index is 12.5. The Morgan fingerprint density at radius 3 is 2.52 bits per heavy atom. The van der Waals surface area contributed by atoms with Crippen LogP contribution in [0.15, 0.2) is 59.3 Å². The molecule has 2 aromatic heterocycles. The van der Waals surface area contributed by atoms with Gasteiger partial charge in [0.2, 0.25) is 17.6 Å². The molecule has 3 heterocycles. The van der Waals surface area contributed by atoms with E-state index in [9.17, 15) is 4.79 Å². The first-order chi connectivity index (χ1) is 13.3. The molecule has 3 aromatic rings. The molecule has 0 radical (unpaired) electrons. The van der Waals surface area contributed by atoms with Crippen LogP contribution in [-0.2, 0) is 11.2 Å². The number of amides is 1. The van der Waals surface area contributed by atoms with Crippen LogP contribution in [0.4, 0.5) is 5.82 Å². The molecule has 1 amide bonds. The van der Waals surface area contributed by atoms with Crippen molar-refractivity contribution < 1.29 is 9.32 Å². The minimum absolute atomic E-state index is 0.120. The number of nitrogens with zero attached hydrogens (tertiary/aromatic N) is 5. The molecule has 0 unspecified atom stereocenters. The average Bonchev–Trinajstić information content (AvgIpc) is 3.22. The molecular formula is C20H21N5O2. The third-order valence-corrected chi connectivity index (χ3v) is 4.66. The Hall–Kier alpha value is -3.22. The number of pyridine rings is 1. The van der Waals surface area contributed by atoms with Crippen molar-refractivity contribution in [2.45, 2.75) is 12.8 Å². The van der Waals surface area contributed by atoms with Gasteiger partial charge in [0.25, 0.3) is 0 Å². The third kappa shape index (κ3) is 4.13. The van der Waals surface area contributed by atoms with Gasteiger partial charge in [-0.2, -0.15) is 4.98 Å². The summed E-state index contributed by atoms with van der Waals surface area (Å²) in [4.78, 5) is 25.3. The Kier molecular flexibility index (Phi) is 5.09. The van der Waals surface area contributed by atoms with Gasteiger partial charge in [0.05, 0.1) is 0 Å². The molecule has 0 aliphatic carbocycles. The minimum Gasteiger partial charge on any atom is -0.353 e. The van der Waals surface area contributed by atoms with Crippen molar-refractivity contribution in [1.29, 1.82) is 0 Å². The molecule has 0 N–H and O–H groups in total. The van der Waals surface area contributed by atoms with Crippen LogP contribution in [0.25, 0.3) is 11.4 Å². The molecule has 4 rings (SSSR count). The van der Waals surface area contributed by atoms with Gasteiger partial charge in [0.15, 0.2) is 0 Å². The summed E-state index contributed by atoms with van der Waals surface area (Å²) in [6.45, 7) is 2.99. The van der Waals surface area contributed by atoms with E-state index < -0.39 is 0 Å². The van der Waals surface area contributed by atoms with Crippen LogP contribution in [0.3, 0.4) is 0 Å². The topological polar surface area (TPSA) is 75.4 Å². The fourth-order valence-corrected chi connectivity index (χ4v) is 3.16. The van der Waals surface area contributed by atoms with Crippen LogP contribution in [-0.4, -0.2) is 52.1 Å². The Morgan fingerprint density at radius 2 is 1.78 bits per heavy atom. The van der Waals surface area contributed by atoms with Crippen molar-refractivity contribution in [3.05, 3.63) is 60.6 Å². The lowest BCUT2D eigenvalue weighted by atomic mass is 10.2. The molecule has 7 nitrogen and oxygen atoms in total. The number of hydrogen-bond acceptors (Lipinski definition) is 6. The minimum atomic E-state index is 0.120. The largest absolute Gasteiger partial charge is 0.353 e. The van der Waals surface area contributed by atoms with Gasteiger partial charge >= 0.3 is 0 Å². The number of carbonyl (C=O) groups excluding carboxylic acids is 1. The number of aromatic nitrogens is 3. The SMILES string of the molecule is O=C(CCc1nc(-c2ccccc2)no1)N1CCN(c2ccccn2)CC1. The maximum atomic E-state index is 12.5. The van der Waals surface area contributed by atoms with Gasteiger partial charge in [0, 0.05) is 50.8 Å². The number of carbonyl (C=O) groups is 1. The lowest BCUT2D eigenvalue weighted by molar-refractivity contribution is -0.131. The van der Waals surface area contributed by atoms with Gasteiger partial charge in [-0.15, -0.1) is 0 Å². The van der Waals surface area contributed by atoms with Crippen molar-refractivity contribution in [1.82, 2.24) is 20.0 Å². The first kappa shape index (κ1) is 17.2. The predicted molar refractivity (Wildman–Crippen MR) is 101 cm³/mol. The van der Waals surface area contributed by atoms with Crippen LogP contribution in [0.5, 0.6) is 0 Å². The molecule has 1 aliphatic heterocycles. The van der Waals surface area contributed by atoms with Crippen LogP contribution < -0.4 is 4.90 Å². The number of aryl methyl sites for hydroxylation is 1. The summed E-state index contributed by atoms with van der Waals surface area (Å²) in [7, 11) is 0. The van der Waals surface area contributed by atoms with Gasteiger partial charge in [-0.25, -0.2) is 4.98 Å². The molecule has 0 bridgehead atoms. The fourth-order valence-electron chi connectivity index (χ4n) is 3.16. The molecule has 7 heteroatoms. The molecule has 27 heavy (non-hydrogen) atoms. The molecule has 138 valence electrons. The number of anilines is 1. The highest BCUT2D eigenvalue weighted by Crippen LogP contribution is 2.16. The number of piperazine rings is 1. The molecule has 1 saturated heterocycles. The summed E-state index contributed by atoms with van der Waals surface area (Å²) in [5.74, 6) is 2.13. The summed E-state index contributed by atoms with van der Waals surface area (Å²) < 4.78 is 5.28. The zero-order chi connectivity index (χ0) is 18.5. The fraction of sp³-hybridized carbons (Fsp3) is 0.300. The highest BCUT2D eigenvalue weighted by Gasteiger charge is 2.22. The number of benzene rings is 1. The van der Waals surface area contributed by atoms with Crippen molar-refractivity contribution in [2.24, 2.45) is 0 Å². The Labute approximate surface area is 157 Å². The van der Waals surface area contributed by atoms with Crippen molar-refractivity contribution in [2.75, 3.05) is 31.1 Å². The van der Waals surface area contributed by atoms with Crippen LogP contribution >= 0.6 is 0 Å². The highest BCUT2D eigenvalue weighted by molar-refractivity contribution is 5.76. The van der Waals surface area contributed by atoms with E-state index in [0.717, 1.165) is 24.5 Å². The number of hydrogen-bond donors (Lipinski definition) is 0. The maximum Gasteiger partial charge on any atom is 0.227 e. The van der Waals surface area contributed by atoms with E-state index >= 15 is 0 Å². The zero-order valence-corrected chi connectivity index (χ0v) is 15.0. The zero-order valence-electron chi connectivity index (χ0n) is 15.0. The standard InChI is InChI=1S/C20H21N5O2/c26-19(25-14-12-24(13-15-25)17-8-4-5-11-21-17)10-9-18-22-20(23-27-18)16-6-2-1-3-7-16/h1-8,11H,9-10,12-15H2. The second kappa shape index (κ2) is 7.99. The molecule has 1 aromatic carbocycles. The van der Waals surface area contributed by atoms with Gasteiger partial charge in [0.1, 0.15) is 5.82 Å². The van der Waals surface area contributed by atoms with E-state index in [1.165, 1.54) is 0 Å². The molecule has 1 aliphatic rings. The van der Waals surface area contributed by atoms with Gasteiger partial charge in [-0.05, 0) is 12.1 Å². The normalized spacial score (nSPS) is 14.4. The molecule has 0 atom stereocenters. The van der Waals surface area contributed by atoms with E-state index in [1.54, 1.807) is 6.20 Å². The smallest absolute Gasteiger partial charge is 0.227 e. The van der Waals surface area contributed by atoms with E-state index in [2.05, 4.69) is 20.0 Å². The Bertz CT molecular complexity index is 874. The van der Waals surface area contributed by atoms with Crippen molar-refractivity contribution in [3.63, 3.8) is 0 Å². The van der Waals surface area contributed by atoms with Gasteiger partial charge in [-0.3, -0.25) is 4.79 Å². The monoisotopic (exact) mass is 363 g/mol. The number of rotatable bonds is 5. The summed E-state index contributed by atoms with van der Waals surface area (Å²) in [6, 6.07) is 15.5. The molecule has 1 fully saturated rings. The summed E-state index contributed by atoms with van der Waals surface area (Å²) in [5.41, 5.74) is 0.907. The predicted octanol–water partition coefficient (Wildman–Crippen LogP) is 2.41. The van der Waals surface area contributed by atoms with Crippen LogP contribution in [0, 0.1) is 0 Å². The Morgan fingerprint density at radius 1 is 1.00 bits per heavy atom. The second-order valence-corrected chi connectivity index (χ2v) is 6.43. The summed E-state index contributed by atoms with van der Waals surface area (Å²) in [6.07, 6.45) is 2.63. The summed E-state index contributed by atoms with van der Waals surface area (Å²) in [5, 5.41) is 4.00. The van der Waals surface area contributed by atoms with Crippen molar-refractivity contribution in [3.8, 4) is 11.4 Å². The summed E-state index contributed by atoms with van der Waals surface area (Å²) >= 11 is 0. The van der Waals surface area contributed by atoms with Crippen LogP contribution in [0.1, 0.15) is 12.3 Å². The highest BCUT2D eigenvalue weighted by atomic mass is 16.5. The van der Waals surface area contributed by atoms with Crippen molar-refractivity contribution >= 4 is 11.7 Å². The first-order valence-corrected chi connectivity index (χ1v) is 9.11. The van der Waals surface area contributed by atoms with Gasteiger partial charge in [-0.1, -0.05) is 41.6 Å². The second-order valence-electron chi connectivity index (χ2n) is 6.43. The van der Waals surface area contributed by atoms with E-state index in [0.29, 0.717) is 37.6 Å². The molecule has 0 saturated carbocycles. The average molecular weight is 363 g/mol. The van der Waals surface area contributed by atoms with E-state index in [4.69, 9.17) is 4.52 Å². The first-order valence-electron chi connectivity index (χ1n) is 9.11.